The van der Waals surface area contributed by atoms with Crippen LogP contribution in [-0.4, -0.2) is 34.6 Å². The highest BCUT2D eigenvalue weighted by Gasteiger charge is 2.33. The van der Waals surface area contributed by atoms with Gasteiger partial charge in [0.15, 0.2) is 0 Å². The number of anilines is 1. The number of carbonyl (C=O) groups is 1. The molecule has 0 spiro atoms. The lowest BCUT2D eigenvalue weighted by atomic mass is 9.82. The van der Waals surface area contributed by atoms with Crippen LogP contribution in [-0.2, 0) is 0 Å². The van der Waals surface area contributed by atoms with Gasteiger partial charge in [-0.3, -0.25) is 9.79 Å². The maximum absolute atomic E-state index is 13.4. The number of fused-ring (bicyclic) bond motifs is 3. The molecule has 5 rings (SSSR count). The van der Waals surface area contributed by atoms with E-state index < -0.39 is 0 Å². The van der Waals surface area contributed by atoms with E-state index in [2.05, 4.69) is 36.2 Å². The Balaban J connectivity index is 1.63. The van der Waals surface area contributed by atoms with E-state index in [4.69, 9.17) is 10.7 Å². The van der Waals surface area contributed by atoms with Crippen LogP contribution < -0.4 is 5.73 Å². The monoisotopic (exact) mass is 422 g/mol. The maximum Gasteiger partial charge on any atom is 0.258 e. The first kappa shape index (κ1) is 20.2. The van der Waals surface area contributed by atoms with Gasteiger partial charge in [-0.05, 0) is 53.5 Å². The summed E-state index contributed by atoms with van der Waals surface area (Å²) in [5.41, 5.74) is 13.6. The molecule has 2 aliphatic heterocycles. The lowest BCUT2D eigenvalue weighted by Gasteiger charge is -2.35. The second-order valence-electron chi connectivity index (χ2n) is 8.67. The fourth-order valence-corrected chi connectivity index (χ4v) is 4.56. The number of rotatable bonds is 2. The molecule has 0 fully saturated rings. The summed E-state index contributed by atoms with van der Waals surface area (Å²) in [5.74, 6) is 0.645. The smallest absolute Gasteiger partial charge is 0.258 e. The van der Waals surface area contributed by atoms with E-state index in [1.807, 2.05) is 50.4 Å². The first-order valence-electron chi connectivity index (χ1n) is 10.9. The highest BCUT2D eigenvalue weighted by Crippen LogP contribution is 2.38. The van der Waals surface area contributed by atoms with Gasteiger partial charge in [-0.15, -0.1) is 0 Å². The third-order valence-electron chi connectivity index (χ3n) is 6.63. The fraction of sp³-hybridized carbons (Fsp3) is 0.222. The van der Waals surface area contributed by atoms with Gasteiger partial charge in [-0.1, -0.05) is 43.3 Å². The summed E-state index contributed by atoms with van der Waals surface area (Å²) < 4.78 is 0. The van der Waals surface area contributed by atoms with Crippen molar-refractivity contribution in [1.29, 1.82) is 0 Å². The van der Waals surface area contributed by atoms with Crippen molar-refractivity contribution in [1.82, 2.24) is 9.88 Å². The number of aryl methyl sites for hydroxylation is 1. The summed E-state index contributed by atoms with van der Waals surface area (Å²) in [6.07, 6.45) is 4.59. The van der Waals surface area contributed by atoms with E-state index in [1.165, 1.54) is 0 Å². The minimum absolute atomic E-state index is 0.0176. The van der Waals surface area contributed by atoms with Crippen LogP contribution in [0.3, 0.4) is 0 Å². The third-order valence-corrected chi connectivity index (χ3v) is 6.63. The van der Waals surface area contributed by atoms with Crippen molar-refractivity contribution in [2.45, 2.75) is 32.2 Å². The van der Waals surface area contributed by atoms with Crippen LogP contribution in [0.25, 0.3) is 11.1 Å². The molecular weight excluding hydrogens is 396 g/mol. The summed E-state index contributed by atoms with van der Waals surface area (Å²) in [6, 6.07) is 18.3. The first-order valence-corrected chi connectivity index (χ1v) is 10.9. The Hall–Kier alpha value is -3.73. The predicted octanol–water partition coefficient (Wildman–Crippen LogP) is 4.97. The molecule has 1 amide bonds. The van der Waals surface area contributed by atoms with Crippen molar-refractivity contribution >= 4 is 17.4 Å². The number of hydrogen-bond donors (Lipinski definition) is 1. The average Bonchev–Trinajstić information content (AvgIpc) is 2.83. The summed E-state index contributed by atoms with van der Waals surface area (Å²) in [6.45, 7) is 4.13. The number of amides is 1. The van der Waals surface area contributed by atoms with Crippen LogP contribution >= 0.6 is 0 Å². The number of hydrogen-bond acceptors (Lipinski definition) is 4. The molecule has 32 heavy (non-hydrogen) atoms. The zero-order valence-electron chi connectivity index (χ0n) is 18.5. The number of nitrogens with two attached hydrogens (primary N) is 1. The molecule has 5 nitrogen and oxygen atoms in total. The lowest BCUT2D eigenvalue weighted by Crippen LogP contribution is -2.36. The van der Waals surface area contributed by atoms with E-state index in [-0.39, 0.29) is 17.9 Å². The third kappa shape index (κ3) is 3.40. The molecule has 2 unspecified atom stereocenters. The number of aliphatic imine (C=N–C) groups is 1. The largest absolute Gasteiger partial charge is 0.383 e. The average molecular weight is 423 g/mol. The van der Waals surface area contributed by atoms with Crippen molar-refractivity contribution < 1.29 is 4.79 Å². The number of allylic oxidation sites excluding steroid dienone is 1. The molecule has 0 radical (unpaired) electrons. The SMILES string of the molecule is Cc1cc(-c2ccc3c(c2)C(C)C2CC(=CC(c4ccccc4)=N2)N(C)C3=O)cnc1N. The normalized spacial score (nSPS) is 20.1. The van der Waals surface area contributed by atoms with Gasteiger partial charge in [0.05, 0.1) is 11.8 Å². The Labute approximate surface area is 188 Å². The second kappa shape index (κ2) is 7.75. The van der Waals surface area contributed by atoms with Gasteiger partial charge in [-0.2, -0.15) is 0 Å². The molecule has 3 heterocycles. The molecule has 2 aromatic carbocycles. The topological polar surface area (TPSA) is 71.6 Å². The highest BCUT2D eigenvalue weighted by molar-refractivity contribution is 6.10. The molecule has 5 heteroatoms. The van der Waals surface area contributed by atoms with Gasteiger partial charge in [0.1, 0.15) is 5.82 Å². The molecule has 160 valence electrons. The number of dihydropyridines is 1. The summed E-state index contributed by atoms with van der Waals surface area (Å²) in [5, 5.41) is 0. The Morgan fingerprint density at radius 2 is 1.81 bits per heavy atom. The molecule has 3 aromatic rings. The van der Waals surface area contributed by atoms with Gasteiger partial charge in [0.25, 0.3) is 5.91 Å². The number of aromatic nitrogens is 1. The van der Waals surface area contributed by atoms with Crippen molar-refractivity contribution in [3.8, 4) is 11.1 Å². The zero-order chi connectivity index (χ0) is 22.4. The van der Waals surface area contributed by atoms with Gasteiger partial charge < -0.3 is 10.6 Å². The van der Waals surface area contributed by atoms with Crippen molar-refractivity contribution in [2.75, 3.05) is 12.8 Å². The van der Waals surface area contributed by atoms with E-state index >= 15 is 0 Å². The quantitative estimate of drug-likeness (QED) is 0.633. The first-order chi connectivity index (χ1) is 15.4. The molecular formula is C27H26N4O. The van der Waals surface area contributed by atoms with Crippen LogP contribution in [0.15, 0.2) is 77.6 Å². The summed E-state index contributed by atoms with van der Waals surface area (Å²) >= 11 is 0. The maximum atomic E-state index is 13.4. The number of pyridine rings is 1. The van der Waals surface area contributed by atoms with E-state index in [1.54, 1.807) is 11.1 Å². The molecule has 2 atom stereocenters. The Morgan fingerprint density at radius 1 is 1.03 bits per heavy atom. The van der Waals surface area contributed by atoms with Crippen LogP contribution in [0.4, 0.5) is 5.82 Å². The minimum Gasteiger partial charge on any atom is -0.383 e. The van der Waals surface area contributed by atoms with Crippen molar-refractivity contribution in [3.63, 3.8) is 0 Å². The number of nitrogens with zero attached hydrogens (tertiary/aromatic N) is 3. The van der Waals surface area contributed by atoms with Crippen LogP contribution in [0.2, 0.25) is 0 Å². The van der Waals surface area contributed by atoms with E-state index in [0.717, 1.165) is 51.2 Å². The fourth-order valence-electron chi connectivity index (χ4n) is 4.56. The molecule has 0 saturated heterocycles. The number of carbonyl (C=O) groups excluding carboxylic acids is 1. The minimum atomic E-state index is 0.0176. The van der Waals surface area contributed by atoms with Crippen LogP contribution in [0, 0.1) is 6.92 Å². The van der Waals surface area contributed by atoms with Crippen LogP contribution in [0.1, 0.15) is 46.3 Å². The standard InChI is InChI=1S/C27H26N4O/c1-16-11-20(15-29-26(16)28)19-9-10-22-23(12-19)17(2)24-13-21(31(3)27(22)32)14-25(30-24)18-7-5-4-6-8-18/h4-12,14-15,17,24H,13H2,1-3H3,(H2,28,29). The molecule has 2 aliphatic rings. The van der Waals surface area contributed by atoms with Gasteiger partial charge in [-0.25, -0.2) is 4.98 Å². The van der Waals surface area contributed by atoms with Gasteiger partial charge >= 0.3 is 0 Å². The lowest BCUT2D eigenvalue weighted by molar-refractivity contribution is 0.0824. The highest BCUT2D eigenvalue weighted by atomic mass is 16.2. The molecule has 1 aromatic heterocycles. The summed E-state index contributed by atoms with van der Waals surface area (Å²) in [7, 11) is 1.86. The number of benzene rings is 2. The Bertz CT molecular complexity index is 1280. The summed E-state index contributed by atoms with van der Waals surface area (Å²) in [4.78, 5) is 24.7. The predicted molar refractivity (Wildman–Crippen MR) is 129 cm³/mol. The van der Waals surface area contributed by atoms with Gasteiger partial charge in [0.2, 0.25) is 0 Å². The van der Waals surface area contributed by atoms with E-state index in [0.29, 0.717) is 5.82 Å². The zero-order valence-corrected chi connectivity index (χ0v) is 18.5. The van der Waals surface area contributed by atoms with Crippen molar-refractivity contribution in [2.24, 2.45) is 4.99 Å². The van der Waals surface area contributed by atoms with Crippen molar-refractivity contribution in [3.05, 3.63) is 94.8 Å². The molecule has 0 saturated carbocycles. The molecule has 0 aliphatic carbocycles. The molecule has 2 N–H and O–H groups in total. The van der Waals surface area contributed by atoms with E-state index in [9.17, 15) is 4.79 Å². The van der Waals surface area contributed by atoms with Crippen LogP contribution in [0.5, 0.6) is 0 Å². The second-order valence-corrected chi connectivity index (χ2v) is 8.67. The van der Waals surface area contributed by atoms with Gasteiger partial charge in [0, 0.05) is 42.4 Å². The Kier molecular flexibility index (Phi) is 4.89. The molecule has 2 bridgehead atoms. The Morgan fingerprint density at radius 3 is 2.56 bits per heavy atom. The number of nitrogen functional groups attached to an aromatic ring is 1.